The van der Waals surface area contributed by atoms with E-state index in [0.717, 1.165) is 18.2 Å². The summed E-state index contributed by atoms with van der Waals surface area (Å²) < 4.78 is 0. The zero-order valence-corrected chi connectivity index (χ0v) is 8.20. The monoisotopic (exact) mass is 176 g/mol. The smallest absolute Gasteiger partial charge is 0.0797 e. The molecule has 0 aliphatic rings. The van der Waals surface area contributed by atoms with E-state index >= 15 is 0 Å². The van der Waals surface area contributed by atoms with Gasteiger partial charge < -0.3 is 5.11 Å². The van der Waals surface area contributed by atoms with Gasteiger partial charge in [0.05, 0.1) is 6.26 Å². The first-order valence-corrected chi connectivity index (χ1v) is 4.62. The first-order chi connectivity index (χ1) is 6.24. The van der Waals surface area contributed by atoms with Crippen molar-refractivity contribution in [3.8, 4) is 0 Å². The molecule has 0 radical (unpaired) electrons. The lowest BCUT2D eigenvalue weighted by molar-refractivity contribution is 0.478. The maximum absolute atomic E-state index is 8.70. The second-order valence-corrected chi connectivity index (χ2v) is 3.61. The van der Waals surface area contributed by atoms with Gasteiger partial charge in [-0.1, -0.05) is 38.1 Å². The Bertz CT molecular complexity index is 287. The summed E-state index contributed by atoms with van der Waals surface area (Å²) in [6.07, 6.45) is 3.89. The predicted molar refractivity (Wildman–Crippen MR) is 56.6 cm³/mol. The molecule has 0 saturated carbocycles. The summed E-state index contributed by atoms with van der Waals surface area (Å²) in [4.78, 5) is 0. The fourth-order valence-corrected chi connectivity index (χ4v) is 1.40. The highest BCUT2D eigenvalue weighted by Crippen LogP contribution is 2.14. The van der Waals surface area contributed by atoms with Crippen LogP contribution in [0.15, 0.2) is 30.5 Å². The molecule has 0 spiro atoms. The molecule has 0 bridgehead atoms. The average Bonchev–Trinajstić information content (AvgIpc) is 2.08. The van der Waals surface area contributed by atoms with Crippen molar-refractivity contribution in [2.45, 2.75) is 20.3 Å². The van der Waals surface area contributed by atoms with Gasteiger partial charge in [-0.05, 0) is 29.5 Å². The van der Waals surface area contributed by atoms with Crippen LogP contribution in [0.3, 0.4) is 0 Å². The Labute approximate surface area is 79.7 Å². The maximum atomic E-state index is 8.70. The first kappa shape index (κ1) is 9.85. The van der Waals surface area contributed by atoms with Gasteiger partial charge in [-0.3, -0.25) is 0 Å². The van der Waals surface area contributed by atoms with Gasteiger partial charge in [0.15, 0.2) is 0 Å². The zero-order valence-electron chi connectivity index (χ0n) is 8.20. The molecular weight excluding hydrogens is 160 g/mol. The minimum Gasteiger partial charge on any atom is -0.516 e. The van der Waals surface area contributed by atoms with E-state index < -0.39 is 0 Å². The molecule has 0 saturated heterocycles. The molecule has 0 heterocycles. The van der Waals surface area contributed by atoms with Crippen LogP contribution in [-0.2, 0) is 6.42 Å². The highest BCUT2D eigenvalue weighted by atomic mass is 16.2. The molecule has 0 aliphatic carbocycles. The summed E-state index contributed by atoms with van der Waals surface area (Å²) in [7, 11) is 0. The number of rotatable bonds is 3. The minimum atomic E-state index is 0.647. The van der Waals surface area contributed by atoms with Crippen LogP contribution >= 0.6 is 0 Å². The molecule has 0 aromatic heterocycles. The van der Waals surface area contributed by atoms with Crippen LogP contribution in [0.1, 0.15) is 25.0 Å². The second-order valence-electron chi connectivity index (χ2n) is 3.61. The van der Waals surface area contributed by atoms with Crippen LogP contribution in [0, 0.1) is 5.92 Å². The van der Waals surface area contributed by atoms with E-state index in [2.05, 4.69) is 19.9 Å². The Morgan fingerprint density at radius 1 is 1.31 bits per heavy atom. The van der Waals surface area contributed by atoms with Crippen LogP contribution in [0.2, 0.25) is 0 Å². The quantitative estimate of drug-likeness (QED) is 0.700. The van der Waals surface area contributed by atoms with E-state index in [1.54, 1.807) is 6.08 Å². The summed E-state index contributed by atoms with van der Waals surface area (Å²) in [6.45, 7) is 4.39. The maximum Gasteiger partial charge on any atom is 0.0797 e. The third-order valence-electron chi connectivity index (χ3n) is 1.94. The lowest BCUT2D eigenvalue weighted by Gasteiger charge is -2.07. The van der Waals surface area contributed by atoms with E-state index in [1.807, 2.05) is 18.2 Å². The van der Waals surface area contributed by atoms with Crippen molar-refractivity contribution in [2.75, 3.05) is 0 Å². The van der Waals surface area contributed by atoms with Crippen molar-refractivity contribution in [1.29, 1.82) is 0 Å². The molecule has 1 nitrogen and oxygen atoms in total. The average molecular weight is 176 g/mol. The molecule has 0 unspecified atom stereocenters. The second kappa shape index (κ2) is 4.70. The number of aliphatic hydroxyl groups is 1. The van der Waals surface area contributed by atoms with E-state index in [1.165, 1.54) is 5.56 Å². The number of hydrogen-bond acceptors (Lipinski definition) is 1. The normalized spacial score (nSPS) is 11.3. The Kier molecular flexibility index (Phi) is 3.56. The van der Waals surface area contributed by atoms with Crippen molar-refractivity contribution < 1.29 is 5.11 Å². The fourth-order valence-electron chi connectivity index (χ4n) is 1.40. The Hall–Kier alpha value is -1.24. The molecule has 1 N–H and O–H groups in total. The van der Waals surface area contributed by atoms with Crippen molar-refractivity contribution >= 4 is 6.08 Å². The van der Waals surface area contributed by atoms with Gasteiger partial charge in [-0.25, -0.2) is 0 Å². The largest absolute Gasteiger partial charge is 0.516 e. The lowest BCUT2D eigenvalue weighted by Crippen LogP contribution is -1.96. The molecule has 1 heteroatoms. The van der Waals surface area contributed by atoms with Crippen LogP contribution in [-0.4, -0.2) is 5.11 Å². The van der Waals surface area contributed by atoms with Gasteiger partial charge in [-0.2, -0.15) is 0 Å². The van der Waals surface area contributed by atoms with Gasteiger partial charge in [0.1, 0.15) is 0 Å². The van der Waals surface area contributed by atoms with Crippen molar-refractivity contribution in [1.82, 2.24) is 0 Å². The Balaban J connectivity index is 2.90. The molecule has 1 aromatic carbocycles. The highest BCUT2D eigenvalue weighted by Gasteiger charge is 2.00. The van der Waals surface area contributed by atoms with Crippen LogP contribution in [0.4, 0.5) is 0 Å². The minimum absolute atomic E-state index is 0.647. The van der Waals surface area contributed by atoms with E-state index in [9.17, 15) is 0 Å². The molecular formula is C12H16O. The molecule has 0 fully saturated rings. The van der Waals surface area contributed by atoms with E-state index in [4.69, 9.17) is 5.11 Å². The van der Waals surface area contributed by atoms with Gasteiger partial charge >= 0.3 is 0 Å². The first-order valence-electron chi connectivity index (χ1n) is 4.62. The number of benzene rings is 1. The third kappa shape index (κ3) is 2.94. The van der Waals surface area contributed by atoms with E-state index in [0.29, 0.717) is 5.92 Å². The summed E-state index contributed by atoms with van der Waals surface area (Å²) >= 11 is 0. The standard InChI is InChI=1S/C12H16O/c1-10(2)9-12-6-4-3-5-11(12)7-8-13/h3-8,10,13H,9H2,1-2H3/b8-7+. The van der Waals surface area contributed by atoms with Crippen molar-refractivity contribution in [2.24, 2.45) is 5.92 Å². The SMILES string of the molecule is CC(C)Cc1ccccc1/C=C/O. The van der Waals surface area contributed by atoms with Crippen molar-refractivity contribution in [3.05, 3.63) is 41.7 Å². The summed E-state index contributed by atoms with van der Waals surface area (Å²) in [5.41, 5.74) is 2.40. The van der Waals surface area contributed by atoms with Crippen LogP contribution in [0.5, 0.6) is 0 Å². The van der Waals surface area contributed by atoms with Gasteiger partial charge in [0, 0.05) is 0 Å². The topological polar surface area (TPSA) is 20.2 Å². The van der Waals surface area contributed by atoms with Gasteiger partial charge in [0.2, 0.25) is 0 Å². The van der Waals surface area contributed by atoms with Crippen LogP contribution < -0.4 is 0 Å². The number of hydrogen-bond donors (Lipinski definition) is 1. The molecule has 70 valence electrons. The predicted octanol–water partition coefficient (Wildman–Crippen LogP) is 3.41. The summed E-state index contributed by atoms with van der Waals surface area (Å²) in [5, 5.41) is 8.70. The number of aliphatic hydroxyl groups excluding tert-OH is 1. The third-order valence-corrected chi connectivity index (χ3v) is 1.94. The zero-order chi connectivity index (χ0) is 9.68. The Morgan fingerprint density at radius 2 is 2.00 bits per heavy atom. The molecule has 13 heavy (non-hydrogen) atoms. The van der Waals surface area contributed by atoms with Crippen molar-refractivity contribution in [3.63, 3.8) is 0 Å². The molecule has 0 aliphatic heterocycles. The fraction of sp³-hybridized carbons (Fsp3) is 0.333. The van der Waals surface area contributed by atoms with E-state index in [-0.39, 0.29) is 0 Å². The lowest BCUT2D eigenvalue weighted by atomic mass is 9.98. The Morgan fingerprint density at radius 3 is 2.62 bits per heavy atom. The molecule has 0 amide bonds. The molecule has 0 atom stereocenters. The van der Waals surface area contributed by atoms with Gasteiger partial charge in [0.25, 0.3) is 0 Å². The summed E-state index contributed by atoms with van der Waals surface area (Å²) in [6, 6.07) is 8.14. The summed E-state index contributed by atoms with van der Waals surface area (Å²) in [5.74, 6) is 0.647. The molecule has 1 rings (SSSR count). The van der Waals surface area contributed by atoms with Crippen LogP contribution in [0.25, 0.3) is 6.08 Å². The van der Waals surface area contributed by atoms with Gasteiger partial charge in [-0.15, -0.1) is 0 Å². The molecule has 1 aromatic rings. The highest BCUT2D eigenvalue weighted by molar-refractivity contribution is 5.52.